The van der Waals surface area contributed by atoms with Gasteiger partial charge in [0.25, 0.3) is 0 Å². The molecule has 0 fully saturated rings. The molecule has 0 radical (unpaired) electrons. The summed E-state index contributed by atoms with van der Waals surface area (Å²) < 4.78 is 53.1. The summed E-state index contributed by atoms with van der Waals surface area (Å²) in [6.07, 6.45) is -1.09. The smallest absolute Gasteiger partial charge is 0.382 e. The molecule has 0 spiro atoms. The Morgan fingerprint density at radius 3 is 1.94 bits per heavy atom. The van der Waals surface area contributed by atoms with Gasteiger partial charge in [0.15, 0.2) is 0 Å². The molecule has 0 aliphatic rings. The van der Waals surface area contributed by atoms with Crippen molar-refractivity contribution in [2.45, 2.75) is 52.3 Å². The summed E-state index contributed by atoms with van der Waals surface area (Å²) in [6, 6.07) is 0. The van der Waals surface area contributed by atoms with Crippen LogP contribution < -0.4 is 0 Å². The van der Waals surface area contributed by atoms with Crippen LogP contribution in [0.3, 0.4) is 0 Å². The van der Waals surface area contributed by atoms with Gasteiger partial charge in [-0.2, -0.15) is 13.2 Å². The minimum Gasteiger partial charge on any atom is -0.382 e. The van der Waals surface area contributed by atoms with E-state index in [9.17, 15) is 22.7 Å². The van der Waals surface area contributed by atoms with Crippen LogP contribution in [0.5, 0.6) is 0 Å². The molecular formula is C13H20F4O. The van der Waals surface area contributed by atoms with Gasteiger partial charge in [-0.15, -0.1) is 0 Å². The lowest BCUT2D eigenvalue weighted by atomic mass is 9.72. The first kappa shape index (κ1) is 17.2. The van der Waals surface area contributed by atoms with E-state index in [1.165, 1.54) is 6.08 Å². The normalized spacial score (nSPS) is 20.8. The van der Waals surface area contributed by atoms with Crippen molar-refractivity contribution in [3.63, 3.8) is 0 Å². The highest BCUT2D eigenvalue weighted by Gasteiger charge is 2.61. The lowest BCUT2D eigenvalue weighted by molar-refractivity contribution is -0.248. The summed E-state index contributed by atoms with van der Waals surface area (Å²) in [5.41, 5.74) is -5.28. The predicted octanol–water partition coefficient (Wildman–Crippen LogP) is 4.54. The Kier molecular flexibility index (Phi) is 5.59. The third-order valence-electron chi connectivity index (χ3n) is 3.14. The van der Waals surface area contributed by atoms with E-state index in [0.29, 0.717) is 6.42 Å². The number of aliphatic hydroxyl groups is 1. The molecule has 1 N–H and O–H groups in total. The number of hydrogen-bond donors (Lipinski definition) is 1. The second-order valence-corrected chi connectivity index (χ2v) is 4.54. The Hall–Kier alpha value is -0.840. The molecule has 1 nitrogen and oxygen atoms in total. The molecule has 0 saturated carbocycles. The first-order chi connectivity index (χ1) is 8.04. The van der Waals surface area contributed by atoms with Crippen molar-refractivity contribution in [2.24, 2.45) is 5.41 Å². The molecule has 2 unspecified atom stereocenters. The monoisotopic (exact) mass is 268 g/mol. The molecule has 0 saturated heterocycles. The van der Waals surface area contributed by atoms with Crippen LogP contribution in [0.4, 0.5) is 17.6 Å². The fourth-order valence-electron chi connectivity index (χ4n) is 1.51. The van der Waals surface area contributed by atoms with Gasteiger partial charge in [-0.1, -0.05) is 32.1 Å². The van der Waals surface area contributed by atoms with Gasteiger partial charge in [0.05, 0.1) is 0 Å². The summed E-state index contributed by atoms with van der Waals surface area (Å²) in [7, 11) is 0. The minimum atomic E-state index is -4.75. The number of halogens is 4. The van der Waals surface area contributed by atoms with Crippen LogP contribution in [0.15, 0.2) is 24.1 Å². The van der Waals surface area contributed by atoms with Crippen molar-refractivity contribution in [1.29, 1.82) is 0 Å². The third kappa shape index (κ3) is 3.13. The van der Waals surface area contributed by atoms with Crippen LogP contribution in [0.1, 0.15) is 40.5 Å². The van der Waals surface area contributed by atoms with Crippen molar-refractivity contribution < 1.29 is 22.7 Å². The van der Waals surface area contributed by atoms with E-state index in [-0.39, 0.29) is 6.42 Å². The number of alkyl halides is 3. The molecule has 0 bridgehead atoms. The average Bonchev–Trinajstić information content (AvgIpc) is 2.24. The molecular weight excluding hydrogens is 248 g/mol. The van der Waals surface area contributed by atoms with E-state index < -0.39 is 23.0 Å². The van der Waals surface area contributed by atoms with Gasteiger partial charge in [-0.3, -0.25) is 0 Å². The Balaban J connectivity index is 5.74. The fraction of sp³-hybridized carbons (Fsp3) is 0.692. The Labute approximate surface area is 105 Å². The summed E-state index contributed by atoms with van der Waals surface area (Å²) >= 11 is 0. The summed E-state index contributed by atoms with van der Waals surface area (Å²) in [5.74, 6) is -1.16. The van der Waals surface area contributed by atoms with E-state index in [4.69, 9.17) is 0 Å². The largest absolute Gasteiger partial charge is 0.400 e. The molecule has 0 aromatic heterocycles. The highest BCUT2D eigenvalue weighted by Crippen LogP contribution is 2.50. The maximum absolute atomic E-state index is 13.7. The first-order valence-corrected chi connectivity index (χ1v) is 5.87. The molecule has 0 rings (SSSR count). The SMILES string of the molecule is CC/C=C\C(C)(C(F)(F)F)C(C)(O)/C(F)=C\CC. The predicted molar refractivity (Wildman–Crippen MR) is 63.7 cm³/mol. The van der Waals surface area contributed by atoms with Gasteiger partial charge in [0.2, 0.25) is 0 Å². The topological polar surface area (TPSA) is 20.2 Å². The van der Waals surface area contributed by atoms with Gasteiger partial charge in [-0.05, 0) is 26.7 Å². The third-order valence-corrected chi connectivity index (χ3v) is 3.14. The summed E-state index contributed by atoms with van der Waals surface area (Å²) in [6.45, 7) is 4.90. The van der Waals surface area contributed by atoms with E-state index in [1.54, 1.807) is 13.8 Å². The lowest BCUT2D eigenvalue weighted by Crippen LogP contribution is -2.52. The van der Waals surface area contributed by atoms with Crippen LogP contribution in [0.2, 0.25) is 0 Å². The zero-order valence-corrected chi connectivity index (χ0v) is 11.1. The number of allylic oxidation sites excluding steroid dienone is 2. The molecule has 18 heavy (non-hydrogen) atoms. The second-order valence-electron chi connectivity index (χ2n) is 4.54. The Bertz CT molecular complexity index is 328. The van der Waals surface area contributed by atoms with Crippen molar-refractivity contribution in [1.82, 2.24) is 0 Å². The highest BCUT2D eigenvalue weighted by atomic mass is 19.4. The molecule has 0 aliphatic heterocycles. The van der Waals surface area contributed by atoms with E-state index in [1.807, 2.05) is 0 Å². The zero-order valence-electron chi connectivity index (χ0n) is 11.1. The van der Waals surface area contributed by atoms with E-state index in [0.717, 1.165) is 26.0 Å². The second kappa shape index (κ2) is 5.87. The number of hydrogen-bond acceptors (Lipinski definition) is 1. The van der Waals surface area contributed by atoms with Crippen LogP contribution in [-0.2, 0) is 0 Å². The van der Waals surface area contributed by atoms with Crippen molar-refractivity contribution in [3.05, 3.63) is 24.1 Å². The first-order valence-electron chi connectivity index (χ1n) is 5.87. The molecule has 0 aromatic carbocycles. The van der Waals surface area contributed by atoms with Gasteiger partial charge in [-0.25, -0.2) is 4.39 Å². The van der Waals surface area contributed by atoms with Gasteiger partial charge in [0.1, 0.15) is 16.8 Å². The summed E-state index contributed by atoms with van der Waals surface area (Å²) in [4.78, 5) is 0. The van der Waals surface area contributed by atoms with Crippen LogP contribution in [0.25, 0.3) is 0 Å². The van der Waals surface area contributed by atoms with Crippen molar-refractivity contribution in [3.8, 4) is 0 Å². The standard InChI is InChI=1S/C13H20F4O/c1-5-7-9-11(3,13(15,16)17)12(4,18)10(14)8-6-2/h7-9,18H,5-6H2,1-4H3/b9-7-,10-8+. The highest BCUT2D eigenvalue weighted by molar-refractivity contribution is 5.22. The summed E-state index contributed by atoms with van der Waals surface area (Å²) in [5, 5.41) is 9.98. The van der Waals surface area contributed by atoms with Crippen LogP contribution in [-0.4, -0.2) is 16.9 Å². The molecule has 106 valence electrons. The van der Waals surface area contributed by atoms with Crippen molar-refractivity contribution in [2.75, 3.05) is 0 Å². The molecule has 5 heteroatoms. The zero-order chi connectivity index (χ0) is 14.6. The minimum absolute atomic E-state index is 0.216. The molecule has 0 amide bonds. The number of rotatable bonds is 5. The molecule has 0 heterocycles. The molecule has 0 aliphatic carbocycles. The van der Waals surface area contributed by atoms with Crippen LogP contribution >= 0.6 is 0 Å². The maximum atomic E-state index is 13.7. The van der Waals surface area contributed by atoms with Gasteiger partial charge in [0, 0.05) is 0 Å². The fourth-order valence-corrected chi connectivity index (χ4v) is 1.51. The maximum Gasteiger partial charge on any atom is 0.400 e. The van der Waals surface area contributed by atoms with Gasteiger partial charge < -0.3 is 5.11 Å². The Morgan fingerprint density at radius 2 is 1.61 bits per heavy atom. The van der Waals surface area contributed by atoms with Gasteiger partial charge >= 0.3 is 6.18 Å². The molecule has 0 aromatic rings. The quantitative estimate of drug-likeness (QED) is 0.573. The Morgan fingerprint density at radius 1 is 1.11 bits per heavy atom. The van der Waals surface area contributed by atoms with Crippen LogP contribution in [0, 0.1) is 5.41 Å². The van der Waals surface area contributed by atoms with E-state index >= 15 is 0 Å². The average molecular weight is 268 g/mol. The van der Waals surface area contributed by atoms with Crippen molar-refractivity contribution >= 4 is 0 Å². The molecule has 2 atom stereocenters. The van der Waals surface area contributed by atoms with E-state index in [2.05, 4.69) is 0 Å². The lowest BCUT2D eigenvalue weighted by Gasteiger charge is -2.41.